The average Bonchev–Trinajstić information content (AvgIpc) is 2.52. The van der Waals surface area contributed by atoms with Gasteiger partial charge in [-0.25, -0.2) is 4.79 Å². The maximum Gasteiger partial charge on any atom is 0.384 e. The monoisotopic (exact) mass is 286 g/mol. The van der Waals surface area contributed by atoms with E-state index in [0.717, 1.165) is 6.42 Å². The molecule has 1 aromatic carbocycles. The molecule has 1 atom stereocenters. The topological polar surface area (TPSA) is 35.5 Å². The molecule has 1 unspecified atom stereocenters. The van der Waals surface area contributed by atoms with Crippen LogP contribution in [0.4, 0.5) is 0 Å². The van der Waals surface area contributed by atoms with E-state index in [4.69, 9.17) is 4.74 Å². The first-order valence-corrected chi connectivity index (χ1v) is 7.07. The predicted octanol–water partition coefficient (Wildman–Crippen LogP) is 3.35. The van der Waals surface area contributed by atoms with Crippen molar-refractivity contribution < 1.29 is 14.3 Å². The summed E-state index contributed by atoms with van der Waals surface area (Å²) < 4.78 is 10.0. The average molecular weight is 286 g/mol. The fourth-order valence-corrected chi connectivity index (χ4v) is 1.69. The van der Waals surface area contributed by atoms with Gasteiger partial charge in [0.1, 0.15) is 0 Å². The number of hydrogen-bond acceptors (Lipinski definition) is 3. The molecule has 0 spiro atoms. The molecule has 0 aliphatic heterocycles. The molecular weight excluding hydrogens is 264 g/mol. The molecule has 0 radical (unpaired) electrons. The van der Waals surface area contributed by atoms with E-state index >= 15 is 0 Å². The summed E-state index contributed by atoms with van der Waals surface area (Å²) in [5, 5.41) is 0. The zero-order valence-corrected chi connectivity index (χ0v) is 12.7. The third-order valence-electron chi connectivity index (χ3n) is 2.89. The quantitative estimate of drug-likeness (QED) is 0.253. The molecule has 0 aliphatic rings. The standard InChI is InChI=1S/C18H22O3/c1-16(9-6-7-13-18(19)20-2)10-8-14-21-15-17-11-4-3-5-12-17/h3-5,8,10-12,16H,6,9,14-15H2,1-2H3/b10-8-. The zero-order chi connectivity index (χ0) is 15.3. The van der Waals surface area contributed by atoms with Crippen LogP contribution >= 0.6 is 0 Å². The molecule has 21 heavy (non-hydrogen) atoms. The van der Waals surface area contributed by atoms with Crippen LogP contribution in [-0.4, -0.2) is 19.7 Å². The Morgan fingerprint density at radius 3 is 2.81 bits per heavy atom. The molecule has 3 nitrogen and oxygen atoms in total. The summed E-state index contributed by atoms with van der Waals surface area (Å²) in [6.07, 6.45) is 5.75. The van der Waals surface area contributed by atoms with E-state index in [-0.39, 0.29) is 0 Å². The SMILES string of the molecule is COC(=O)C#CCCC(C)/C=C\COCc1ccccc1. The second-order valence-corrected chi connectivity index (χ2v) is 4.74. The van der Waals surface area contributed by atoms with Crippen molar-refractivity contribution >= 4 is 5.97 Å². The molecule has 0 fully saturated rings. The Balaban J connectivity index is 2.12. The molecule has 0 saturated carbocycles. The highest BCUT2D eigenvalue weighted by Crippen LogP contribution is 2.06. The van der Waals surface area contributed by atoms with Gasteiger partial charge in [-0.1, -0.05) is 55.3 Å². The second-order valence-electron chi connectivity index (χ2n) is 4.74. The fraction of sp³-hybridized carbons (Fsp3) is 0.389. The Hall–Kier alpha value is -2.05. The number of esters is 1. The van der Waals surface area contributed by atoms with E-state index in [1.807, 2.05) is 36.4 Å². The van der Waals surface area contributed by atoms with Crippen molar-refractivity contribution in [2.24, 2.45) is 5.92 Å². The number of carbonyl (C=O) groups is 1. The van der Waals surface area contributed by atoms with E-state index in [0.29, 0.717) is 25.6 Å². The van der Waals surface area contributed by atoms with Crippen LogP contribution in [0.2, 0.25) is 0 Å². The highest BCUT2D eigenvalue weighted by atomic mass is 16.5. The van der Waals surface area contributed by atoms with E-state index < -0.39 is 5.97 Å². The summed E-state index contributed by atoms with van der Waals surface area (Å²) in [7, 11) is 1.33. The lowest BCUT2D eigenvalue weighted by Gasteiger charge is -2.03. The normalized spacial score (nSPS) is 11.7. The minimum absolute atomic E-state index is 0.414. The first kappa shape index (κ1) is 17.0. The number of benzene rings is 1. The smallest absolute Gasteiger partial charge is 0.384 e. The molecule has 0 amide bonds. The van der Waals surface area contributed by atoms with Gasteiger partial charge in [0.15, 0.2) is 0 Å². The molecule has 1 rings (SSSR count). The van der Waals surface area contributed by atoms with Crippen molar-refractivity contribution in [3.63, 3.8) is 0 Å². The van der Waals surface area contributed by atoms with Crippen LogP contribution in [0.1, 0.15) is 25.3 Å². The molecule has 0 bridgehead atoms. The first-order valence-electron chi connectivity index (χ1n) is 7.07. The van der Waals surface area contributed by atoms with E-state index in [1.54, 1.807) is 0 Å². The summed E-state index contributed by atoms with van der Waals surface area (Å²) in [4.78, 5) is 10.8. The molecule has 0 N–H and O–H groups in total. The van der Waals surface area contributed by atoms with Gasteiger partial charge in [-0.05, 0) is 17.9 Å². The molecule has 0 saturated heterocycles. The van der Waals surface area contributed by atoms with Crippen molar-refractivity contribution in [3.8, 4) is 11.8 Å². The summed E-state index contributed by atoms with van der Waals surface area (Å²) in [5.41, 5.74) is 1.18. The molecule has 112 valence electrons. The molecule has 0 aromatic heterocycles. The summed E-state index contributed by atoms with van der Waals surface area (Å²) >= 11 is 0. The number of hydrogen-bond donors (Lipinski definition) is 0. The Bertz CT molecular complexity index is 494. The van der Waals surface area contributed by atoms with E-state index in [9.17, 15) is 4.79 Å². The summed E-state index contributed by atoms with van der Waals surface area (Å²) in [6, 6.07) is 10.1. The van der Waals surface area contributed by atoms with Crippen LogP contribution in [-0.2, 0) is 20.9 Å². The van der Waals surface area contributed by atoms with Gasteiger partial charge in [0.25, 0.3) is 0 Å². The molecular formula is C18H22O3. The highest BCUT2D eigenvalue weighted by molar-refractivity contribution is 5.88. The lowest BCUT2D eigenvalue weighted by molar-refractivity contribution is -0.133. The fourth-order valence-electron chi connectivity index (χ4n) is 1.69. The maximum absolute atomic E-state index is 10.8. The molecule has 3 heteroatoms. The van der Waals surface area contributed by atoms with Crippen LogP contribution in [0, 0.1) is 17.8 Å². The molecule has 1 aromatic rings. The van der Waals surface area contributed by atoms with Crippen molar-refractivity contribution in [2.45, 2.75) is 26.4 Å². The third-order valence-corrected chi connectivity index (χ3v) is 2.89. The summed E-state index contributed by atoms with van der Waals surface area (Å²) in [6.45, 7) is 3.35. The lowest BCUT2D eigenvalue weighted by atomic mass is 10.1. The molecule has 0 heterocycles. The van der Waals surface area contributed by atoms with Gasteiger partial charge in [-0.3, -0.25) is 0 Å². The number of allylic oxidation sites excluding steroid dienone is 1. The number of ether oxygens (including phenoxy) is 2. The molecule has 0 aliphatic carbocycles. The number of methoxy groups -OCH3 is 1. The Morgan fingerprint density at radius 2 is 2.10 bits per heavy atom. The van der Waals surface area contributed by atoms with Crippen molar-refractivity contribution in [3.05, 3.63) is 48.0 Å². The van der Waals surface area contributed by atoms with Gasteiger partial charge < -0.3 is 9.47 Å². The predicted molar refractivity (Wildman–Crippen MR) is 83.4 cm³/mol. The van der Waals surface area contributed by atoms with Crippen LogP contribution in [0.5, 0.6) is 0 Å². The Morgan fingerprint density at radius 1 is 1.33 bits per heavy atom. The minimum Gasteiger partial charge on any atom is -0.459 e. The minimum atomic E-state index is -0.479. The van der Waals surface area contributed by atoms with Gasteiger partial charge >= 0.3 is 5.97 Å². The van der Waals surface area contributed by atoms with Gasteiger partial charge in [0, 0.05) is 12.3 Å². The zero-order valence-electron chi connectivity index (χ0n) is 12.7. The maximum atomic E-state index is 10.8. The van der Waals surface area contributed by atoms with Crippen LogP contribution in [0.15, 0.2) is 42.5 Å². The van der Waals surface area contributed by atoms with Crippen molar-refractivity contribution in [2.75, 3.05) is 13.7 Å². The van der Waals surface area contributed by atoms with Crippen LogP contribution in [0.25, 0.3) is 0 Å². The number of rotatable bonds is 7. The van der Waals surface area contributed by atoms with Gasteiger partial charge in [0.2, 0.25) is 0 Å². The van der Waals surface area contributed by atoms with Gasteiger partial charge in [0.05, 0.1) is 20.3 Å². The highest BCUT2D eigenvalue weighted by Gasteiger charge is 1.96. The van der Waals surface area contributed by atoms with Crippen LogP contribution in [0.3, 0.4) is 0 Å². The van der Waals surface area contributed by atoms with E-state index in [1.165, 1.54) is 12.7 Å². The van der Waals surface area contributed by atoms with E-state index in [2.05, 4.69) is 29.6 Å². The van der Waals surface area contributed by atoms with Crippen molar-refractivity contribution in [1.82, 2.24) is 0 Å². The Labute approximate surface area is 127 Å². The summed E-state index contributed by atoms with van der Waals surface area (Å²) in [5.74, 6) is 5.16. The lowest BCUT2D eigenvalue weighted by Crippen LogP contribution is -1.95. The number of carbonyl (C=O) groups excluding carboxylic acids is 1. The Kier molecular flexibility index (Phi) is 8.67. The van der Waals surface area contributed by atoms with Gasteiger partial charge in [-0.15, -0.1) is 0 Å². The second kappa shape index (κ2) is 10.7. The van der Waals surface area contributed by atoms with Crippen LogP contribution < -0.4 is 0 Å². The van der Waals surface area contributed by atoms with Gasteiger partial charge in [-0.2, -0.15) is 0 Å². The van der Waals surface area contributed by atoms with Crippen molar-refractivity contribution in [1.29, 1.82) is 0 Å². The first-order chi connectivity index (χ1) is 10.2. The third kappa shape index (κ3) is 8.67. The largest absolute Gasteiger partial charge is 0.459 e.